The summed E-state index contributed by atoms with van der Waals surface area (Å²) >= 11 is 0. The summed E-state index contributed by atoms with van der Waals surface area (Å²) in [5.74, 6) is -0.986. The van der Waals surface area contributed by atoms with Crippen molar-refractivity contribution in [3.05, 3.63) is 0 Å². The van der Waals surface area contributed by atoms with Crippen LogP contribution in [0.1, 0.15) is 65.7 Å². The number of esters is 3. The third-order valence-electron chi connectivity index (χ3n) is 5.70. The molecule has 6 nitrogen and oxygen atoms in total. The normalized spacial score (nSPS) is 28.4. The third-order valence-corrected chi connectivity index (χ3v) is 5.70. The molecule has 0 aromatic heterocycles. The maximum absolute atomic E-state index is 11.6. The van der Waals surface area contributed by atoms with E-state index >= 15 is 0 Å². The molecule has 0 radical (unpaired) electrons. The summed E-state index contributed by atoms with van der Waals surface area (Å²) < 4.78 is 16.4. The molecule has 2 saturated carbocycles. The highest BCUT2D eigenvalue weighted by atomic mass is 16.6. The van der Waals surface area contributed by atoms with Crippen molar-refractivity contribution >= 4 is 17.9 Å². The van der Waals surface area contributed by atoms with Gasteiger partial charge >= 0.3 is 17.9 Å². The Labute approximate surface area is 143 Å². The van der Waals surface area contributed by atoms with Crippen molar-refractivity contribution in [3.8, 4) is 0 Å². The highest BCUT2D eigenvalue weighted by Gasteiger charge is 2.61. The molecule has 0 aromatic rings. The highest BCUT2D eigenvalue weighted by molar-refractivity contribution is 5.67. The lowest BCUT2D eigenvalue weighted by atomic mass is 9.57. The van der Waals surface area contributed by atoms with Crippen LogP contribution in [0.3, 0.4) is 0 Å². The topological polar surface area (TPSA) is 78.9 Å². The largest absolute Gasteiger partial charge is 0.465 e. The molecule has 2 fully saturated rings. The van der Waals surface area contributed by atoms with Gasteiger partial charge in [-0.3, -0.25) is 14.4 Å². The van der Waals surface area contributed by atoms with E-state index in [4.69, 9.17) is 14.2 Å². The molecule has 1 spiro atoms. The third kappa shape index (κ3) is 3.73. The molecule has 0 N–H and O–H groups in total. The number of carbonyl (C=O) groups excluding carboxylic acids is 3. The van der Waals surface area contributed by atoms with Crippen LogP contribution in [-0.4, -0.2) is 37.2 Å². The highest BCUT2D eigenvalue weighted by Crippen LogP contribution is 2.61. The Hall–Kier alpha value is -1.59. The lowest BCUT2D eigenvalue weighted by Gasteiger charge is -2.51. The summed E-state index contributed by atoms with van der Waals surface area (Å²) in [6, 6.07) is 0. The zero-order chi connectivity index (χ0) is 17.8. The van der Waals surface area contributed by atoms with Gasteiger partial charge in [0.2, 0.25) is 0 Å². The van der Waals surface area contributed by atoms with Gasteiger partial charge < -0.3 is 14.2 Å². The predicted molar refractivity (Wildman–Crippen MR) is 86.0 cm³/mol. The summed E-state index contributed by atoms with van der Waals surface area (Å²) in [4.78, 5) is 34.4. The van der Waals surface area contributed by atoms with E-state index in [9.17, 15) is 14.4 Å². The molecule has 2 aliphatic rings. The Morgan fingerprint density at radius 1 is 0.833 bits per heavy atom. The van der Waals surface area contributed by atoms with E-state index in [1.165, 1.54) is 20.8 Å². The zero-order valence-electron chi connectivity index (χ0n) is 14.9. The number of hydrogen-bond donors (Lipinski definition) is 0. The first-order valence-electron chi connectivity index (χ1n) is 8.75. The Kier molecular flexibility index (Phi) is 5.88. The molecule has 2 aliphatic carbocycles. The molecule has 0 amide bonds. The molecule has 0 heterocycles. The SMILES string of the molecule is CC(=O)OCC1(COC(C)=O)CCC[C@]12CCCC[C@@H]2OC(C)=O. The van der Waals surface area contributed by atoms with E-state index in [0.29, 0.717) is 0 Å². The van der Waals surface area contributed by atoms with Gasteiger partial charge in [0.25, 0.3) is 0 Å². The Balaban J connectivity index is 2.34. The molecule has 136 valence electrons. The summed E-state index contributed by atoms with van der Waals surface area (Å²) in [6.45, 7) is 4.59. The predicted octanol–water partition coefficient (Wildman–Crippen LogP) is 2.78. The van der Waals surface area contributed by atoms with Gasteiger partial charge in [0.1, 0.15) is 19.3 Å². The molecule has 0 unspecified atom stereocenters. The smallest absolute Gasteiger partial charge is 0.302 e. The monoisotopic (exact) mass is 340 g/mol. The van der Waals surface area contributed by atoms with E-state index in [1.54, 1.807) is 0 Å². The van der Waals surface area contributed by atoms with Crippen LogP contribution in [0.2, 0.25) is 0 Å². The van der Waals surface area contributed by atoms with Gasteiger partial charge in [-0.15, -0.1) is 0 Å². The first-order valence-corrected chi connectivity index (χ1v) is 8.75. The van der Waals surface area contributed by atoms with E-state index < -0.39 is 5.41 Å². The average molecular weight is 340 g/mol. The maximum Gasteiger partial charge on any atom is 0.302 e. The second-order valence-corrected chi connectivity index (χ2v) is 7.19. The zero-order valence-corrected chi connectivity index (χ0v) is 14.9. The van der Waals surface area contributed by atoms with Crippen LogP contribution >= 0.6 is 0 Å². The lowest BCUT2D eigenvalue weighted by molar-refractivity contribution is -0.186. The molecule has 24 heavy (non-hydrogen) atoms. The van der Waals surface area contributed by atoms with Crippen molar-refractivity contribution in [2.75, 3.05) is 13.2 Å². The van der Waals surface area contributed by atoms with Gasteiger partial charge in [0.15, 0.2) is 0 Å². The fourth-order valence-corrected chi connectivity index (χ4v) is 4.68. The van der Waals surface area contributed by atoms with Crippen molar-refractivity contribution in [1.29, 1.82) is 0 Å². The Bertz CT molecular complexity index is 482. The minimum Gasteiger partial charge on any atom is -0.465 e. The molecule has 0 aliphatic heterocycles. The summed E-state index contributed by atoms with van der Waals surface area (Å²) in [5, 5.41) is 0. The number of carbonyl (C=O) groups is 3. The van der Waals surface area contributed by atoms with Crippen molar-refractivity contribution in [2.45, 2.75) is 71.8 Å². The second-order valence-electron chi connectivity index (χ2n) is 7.19. The molecule has 0 saturated heterocycles. The maximum atomic E-state index is 11.6. The van der Waals surface area contributed by atoms with Crippen LogP contribution in [0.5, 0.6) is 0 Å². The van der Waals surface area contributed by atoms with Gasteiger partial charge in [-0.1, -0.05) is 12.8 Å². The van der Waals surface area contributed by atoms with Gasteiger partial charge in [0, 0.05) is 31.6 Å². The minimum absolute atomic E-state index is 0.202. The van der Waals surface area contributed by atoms with Gasteiger partial charge in [-0.05, 0) is 32.1 Å². The van der Waals surface area contributed by atoms with Crippen molar-refractivity contribution in [3.63, 3.8) is 0 Å². The lowest BCUT2D eigenvalue weighted by Crippen LogP contribution is -2.54. The fourth-order valence-electron chi connectivity index (χ4n) is 4.68. The molecular formula is C18H28O6. The van der Waals surface area contributed by atoms with Crippen molar-refractivity contribution in [2.24, 2.45) is 10.8 Å². The van der Waals surface area contributed by atoms with Crippen molar-refractivity contribution < 1.29 is 28.6 Å². The molecule has 2 rings (SSSR count). The molecular weight excluding hydrogens is 312 g/mol. The molecule has 0 bridgehead atoms. The fraction of sp³-hybridized carbons (Fsp3) is 0.833. The van der Waals surface area contributed by atoms with E-state index in [1.807, 2.05) is 0 Å². The van der Waals surface area contributed by atoms with E-state index in [0.717, 1.165) is 44.9 Å². The van der Waals surface area contributed by atoms with Crippen LogP contribution in [0.4, 0.5) is 0 Å². The van der Waals surface area contributed by atoms with Crippen LogP contribution in [-0.2, 0) is 28.6 Å². The van der Waals surface area contributed by atoms with E-state index in [-0.39, 0.29) is 42.6 Å². The summed E-state index contributed by atoms with van der Waals surface area (Å²) in [5.41, 5.74) is -0.771. The second kappa shape index (κ2) is 7.53. The number of ether oxygens (including phenoxy) is 3. The van der Waals surface area contributed by atoms with Crippen molar-refractivity contribution in [1.82, 2.24) is 0 Å². The minimum atomic E-state index is -0.481. The first kappa shape index (κ1) is 18.7. The Morgan fingerprint density at radius 2 is 1.42 bits per heavy atom. The molecule has 0 aromatic carbocycles. The average Bonchev–Trinajstić information content (AvgIpc) is 2.85. The van der Waals surface area contributed by atoms with Gasteiger partial charge in [-0.2, -0.15) is 0 Å². The number of rotatable bonds is 5. The van der Waals surface area contributed by atoms with Gasteiger partial charge in [0.05, 0.1) is 0 Å². The van der Waals surface area contributed by atoms with Gasteiger partial charge in [-0.25, -0.2) is 0 Å². The van der Waals surface area contributed by atoms with Crippen LogP contribution in [0.25, 0.3) is 0 Å². The molecule has 6 heteroatoms. The quantitative estimate of drug-likeness (QED) is 0.565. The Morgan fingerprint density at radius 3 is 1.96 bits per heavy atom. The van der Waals surface area contributed by atoms with Crippen LogP contribution in [0, 0.1) is 10.8 Å². The molecule has 2 atom stereocenters. The number of hydrogen-bond acceptors (Lipinski definition) is 6. The standard InChI is InChI=1S/C18H28O6/c1-13(19)22-11-17(12-23-14(2)20)8-6-10-18(17)9-5-4-7-16(18)24-15(3)21/h16H,4-12H2,1-3H3/t16-,18-/m0/s1. The summed E-state index contributed by atoms with van der Waals surface area (Å²) in [6.07, 6.45) is 6.18. The summed E-state index contributed by atoms with van der Waals surface area (Å²) in [7, 11) is 0. The first-order chi connectivity index (χ1) is 11.3. The van der Waals surface area contributed by atoms with Crippen LogP contribution < -0.4 is 0 Å². The van der Waals surface area contributed by atoms with Crippen LogP contribution in [0.15, 0.2) is 0 Å². The van der Waals surface area contributed by atoms with E-state index in [2.05, 4.69) is 0 Å².